The number of alkyl halides is 2. The molecule has 1 aliphatic carbocycles. The lowest BCUT2D eigenvalue weighted by atomic mass is 10.1. The molecule has 0 bridgehead atoms. The highest BCUT2D eigenvalue weighted by atomic mass is 32.2. The minimum absolute atomic E-state index is 0.139. The maximum absolute atomic E-state index is 13.4. The molecule has 0 amide bonds. The minimum atomic E-state index is -3.28. The van der Waals surface area contributed by atoms with Crippen molar-refractivity contribution in [2.75, 3.05) is 6.26 Å². The Bertz CT molecular complexity index is 1000. The van der Waals surface area contributed by atoms with Gasteiger partial charge < -0.3 is 0 Å². The van der Waals surface area contributed by atoms with Gasteiger partial charge in [0, 0.05) is 22.8 Å². The molecular formula is C18H13F3O2S. The molecule has 0 radical (unpaired) electrons. The van der Waals surface area contributed by atoms with E-state index in [0.717, 1.165) is 6.26 Å². The van der Waals surface area contributed by atoms with Gasteiger partial charge in [0.1, 0.15) is 5.82 Å². The van der Waals surface area contributed by atoms with Gasteiger partial charge in [-0.2, -0.15) is 8.78 Å². The maximum atomic E-state index is 13.4. The number of hydrogen-bond donors (Lipinski definition) is 0. The van der Waals surface area contributed by atoms with Crippen LogP contribution in [0.5, 0.6) is 0 Å². The molecule has 0 saturated carbocycles. The Morgan fingerprint density at radius 1 is 0.875 bits per heavy atom. The minimum Gasteiger partial charge on any atom is -0.224 e. The molecule has 6 heteroatoms. The zero-order chi connectivity index (χ0) is 17.5. The van der Waals surface area contributed by atoms with E-state index in [0.29, 0.717) is 10.8 Å². The third kappa shape index (κ3) is 3.01. The highest BCUT2D eigenvalue weighted by Crippen LogP contribution is 2.51. The predicted molar refractivity (Wildman–Crippen MR) is 86.5 cm³/mol. The van der Waals surface area contributed by atoms with Crippen molar-refractivity contribution in [1.29, 1.82) is 0 Å². The van der Waals surface area contributed by atoms with Crippen LogP contribution < -0.4 is 0 Å². The van der Waals surface area contributed by atoms with E-state index in [9.17, 15) is 21.6 Å². The van der Waals surface area contributed by atoms with Gasteiger partial charge in [-0.25, -0.2) is 12.8 Å². The van der Waals surface area contributed by atoms with Crippen LogP contribution in [0.2, 0.25) is 0 Å². The fourth-order valence-corrected chi connectivity index (χ4v) is 3.05. The van der Waals surface area contributed by atoms with Gasteiger partial charge >= 0.3 is 0 Å². The Balaban J connectivity index is 0.000000159. The summed E-state index contributed by atoms with van der Waals surface area (Å²) in [6, 6.07) is 15.3. The van der Waals surface area contributed by atoms with Gasteiger partial charge in [-0.05, 0) is 23.6 Å². The number of sulfone groups is 1. The van der Waals surface area contributed by atoms with Crippen molar-refractivity contribution < 1.29 is 21.6 Å². The van der Waals surface area contributed by atoms with E-state index in [1.165, 1.54) is 30.3 Å². The normalized spacial score (nSPS) is 14.5. The Morgan fingerprint density at radius 3 is 2.04 bits per heavy atom. The summed E-state index contributed by atoms with van der Waals surface area (Å²) in [7, 11) is -3.28. The van der Waals surface area contributed by atoms with E-state index in [1.807, 2.05) is 0 Å². The maximum Gasteiger partial charge on any atom is 0.299 e. The molecular weight excluding hydrogens is 337 g/mol. The average Bonchev–Trinajstić information content (AvgIpc) is 3.10. The fraction of sp³-hybridized carbons (Fsp3) is 0.111. The van der Waals surface area contributed by atoms with Crippen LogP contribution in [0.3, 0.4) is 0 Å². The molecule has 0 atom stereocenters. The SMILES string of the molecule is CS(=O)(=O)c1ccc2cccc(F)c2c1.FC1(F)c2ccccc21. The molecule has 0 aliphatic heterocycles. The Hall–Kier alpha value is -2.34. The van der Waals surface area contributed by atoms with E-state index in [1.54, 1.807) is 30.3 Å². The molecule has 3 aromatic carbocycles. The molecule has 3 aromatic rings. The van der Waals surface area contributed by atoms with Gasteiger partial charge in [0.05, 0.1) is 4.90 Å². The van der Waals surface area contributed by atoms with Crippen LogP contribution in [0.1, 0.15) is 11.1 Å². The van der Waals surface area contributed by atoms with E-state index in [2.05, 4.69) is 0 Å². The monoisotopic (exact) mass is 350 g/mol. The largest absolute Gasteiger partial charge is 0.299 e. The van der Waals surface area contributed by atoms with Crippen molar-refractivity contribution in [3.63, 3.8) is 0 Å². The van der Waals surface area contributed by atoms with E-state index < -0.39 is 21.6 Å². The van der Waals surface area contributed by atoms with Crippen molar-refractivity contribution in [3.8, 4) is 0 Å². The molecule has 4 rings (SSSR count). The van der Waals surface area contributed by atoms with Gasteiger partial charge in [0.15, 0.2) is 9.84 Å². The van der Waals surface area contributed by atoms with Crippen molar-refractivity contribution in [1.82, 2.24) is 0 Å². The summed E-state index contributed by atoms with van der Waals surface area (Å²) in [4.78, 5) is 0.139. The molecule has 124 valence electrons. The molecule has 1 aliphatic rings. The Kier molecular flexibility index (Phi) is 3.87. The van der Waals surface area contributed by atoms with Crippen LogP contribution in [0.25, 0.3) is 10.8 Å². The van der Waals surface area contributed by atoms with E-state index >= 15 is 0 Å². The van der Waals surface area contributed by atoms with E-state index in [4.69, 9.17) is 0 Å². The van der Waals surface area contributed by atoms with Crippen molar-refractivity contribution >= 4 is 20.6 Å². The second kappa shape index (κ2) is 5.63. The Morgan fingerprint density at radius 2 is 1.50 bits per heavy atom. The van der Waals surface area contributed by atoms with Crippen LogP contribution in [0.4, 0.5) is 13.2 Å². The predicted octanol–water partition coefficient (Wildman–Crippen LogP) is 4.52. The lowest BCUT2D eigenvalue weighted by molar-refractivity contribution is 0.0989. The summed E-state index contributed by atoms with van der Waals surface area (Å²) in [5, 5.41) is 1.03. The quantitative estimate of drug-likeness (QED) is 0.646. The molecule has 0 fully saturated rings. The molecule has 0 aromatic heterocycles. The summed E-state index contributed by atoms with van der Waals surface area (Å²) in [6.45, 7) is 0. The molecule has 0 unspecified atom stereocenters. The molecule has 0 saturated heterocycles. The van der Waals surface area contributed by atoms with Crippen molar-refractivity contribution in [2.45, 2.75) is 10.8 Å². The first-order valence-electron chi connectivity index (χ1n) is 7.07. The van der Waals surface area contributed by atoms with Gasteiger partial charge in [-0.1, -0.05) is 42.5 Å². The van der Waals surface area contributed by atoms with Gasteiger partial charge in [0.2, 0.25) is 0 Å². The standard InChI is InChI=1S/C11H9FO2S.C7H4F2/c1-15(13,14)9-6-5-8-3-2-4-11(12)10(8)7-9;8-7(9)5-3-1-2-4-6(5)7/h2-7H,1H3;1-4H. The highest BCUT2D eigenvalue weighted by molar-refractivity contribution is 7.90. The second-order valence-electron chi connectivity index (χ2n) is 5.51. The summed E-state index contributed by atoms with van der Waals surface area (Å²) in [6.07, 6.45) is 1.11. The van der Waals surface area contributed by atoms with Crippen LogP contribution in [0, 0.1) is 5.82 Å². The summed E-state index contributed by atoms with van der Waals surface area (Å²) < 4.78 is 60.5. The highest BCUT2D eigenvalue weighted by Gasteiger charge is 2.52. The second-order valence-corrected chi connectivity index (χ2v) is 7.53. The number of rotatable bonds is 1. The van der Waals surface area contributed by atoms with Crippen LogP contribution in [0.15, 0.2) is 65.6 Å². The molecule has 0 spiro atoms. The van der Waals surface area contributed by atoms with E-state index in [-0.39, 0.29) is 16.0 Å². The first-order valence-corrected chi connectivity index (χ1v) is 8.96. The number of halogens is 3. The van der Waals surface area contributed by atoms with Crippen LogP contribution in [-0.2, 0) is 15.8 Å². The first kappa shape index (κ1) is 16.5. The van der Waals surface area contributed by atoms with Crippen molar-refractivity contribution in [2.24, 2.45) is 0 Å². The third-order valence-electron chi connectivity index (χ3n) is 3.77. The number of fused-ring (bicyclic) bond motifs is 2. The third-order valence-corrected chi connectivity index (χ3v) is 4.88. The smallest absolute Gasteiger partial charge is 0.224 e. The summed E-state index contributed by atoms with van der Waals surface area (Å²) >= 11 is 0. The Labute approximate surface area is 137 Å². The molecule has 2 nitrogen and oxygen atoms in total. The van der Waals surface area contributed by atoms with Gasteiger partial charge in [0.25, 0.3) is 5.92 Å². The first-order chi connectivity index (χ1) is 11.2. The lowest BCUT2D eigenvalue weighted by Gasteiger charge is -2.02. The average molecular weight is 350 g/mol. The summed E-state index contributed by atoms with van der Waals surface area (Å²) in [5.74, 6) is -3.00. The molecule has 0 N–H and O–H groups in total. The van der Waals surface area contributed by atoms with Crippen molar-refractivity contribution in [3.05, 3.63) is 77.6 Å². The number of benzene rings is 3. The van der Waals surface area contributed by atoms with Crippen LogP contribution >= 0.6 is 0 Å². The number of hydrogen-bond acceptors (Lipinski definition) is 2. The van der Waals surface area contributed by atoms with Gasteiger partial charge in [-0.3, -0.25) is 0 Å². The zero-order valence-corrected chi connectivity index (χ0v) is 13.4. The van der Waals surface area contributed by atoms with Gasteiger partial charge in [-0.15, -0.1) is 0 Å². The summed E-state index contributed by atoms with van der Waals surface area (Å²) in [5.41, 5.74) is 0.370. The zero-order valence-electron chi connectivity index (χ0n) is 12.6. The lowest BCUT2D eigenvalue weighted by Crippen LogP contribution is -1.96. The molecule has 24 heavy (non-hydrogen) atoms. The molecule has 0 heterocycles. The van der Waals surface area contributed by atoms with Crippen LogP contribution in [-0.4, -0.2) is 14.7 Å². The fourth-order valence-electron chi connectivity index (χ4n) is 2.41. The topological polar surface area (TPSA) is 34.1 Å².